The van der Waals surface area contributed by atoms with Gasteiger partial charge in [-0.1, -0.05) is 19.1 Å². The predicted molar refractivity (Wildman–Crippen MR) is 104 cm³/mol. The van der Waals surface area contributed by atoms with Crippen LogP contribution in [-0.2, 0) is 11.3 Å². The number of para-hydroxylation sites is 1. The number of hydrogen-bond acceptors (Lipinski definition) is 4. The lowest BCUT2D eigenvalue weighted by atomic mass is 10.1. The zero-order valence-electron chi connectivity index (χ0n) is 16.4. The molecule has 1 N–H and O–H groups in total. The van der Waals surface area contributed by atoms with Crippen LogP contribution in [0.5, 0.6) is 5.75 Å². The van der Waals surface area contributed by atoms with E-state index in [1.54, 1.807) is 6.07 Å². The Balaban J connectivity index is 1.53. The molecule has 0 saturated carbocycles. The van der Waals surface area contributed by atoms with E-state index < -0.39 is 0 Å². The summed E-state index contributed by atoms with van der Waals surface area (Å²) in [6, 6.07) is 9.43. The smallest absolute Gasteiger partial charge is 0.255 e. The highest BCUT2D eigenvalue weighted by Gasteiger charge is 2.18. The molecule has 2 heterocycles. The third-order valence-electron chi connectivity index (χ3n) is 4.78. The van der Waals surface area contributed by atoms with Gasteiger partial charge in [0.25, 0.3) is 5.91 Å². The number of aromatic nitrogens is 2. The van der Waals surface area contributed by atoms with Gasteiger partial charge in [0.1, 0.15) is 12.4 Å². The van der Waals surface area contributed by atoms with Crippen LogP contribution in [0.25, 0.3) is 0 Å². The number of benzene rings is 1. The van der Waals surface area contributed by atoms with Crippen LogP contribution in [0.3, 0.4) is 0 Å². The van der Waals surface area contributed by atoms with Crippen LogP contribution in [0.2, 0.25) is 0 Å². The molecule has 0 radical (unpaired) electrons. The third-order valence-corrected chi connectivity index (χ3v) is 4.78. The fraction of sp³-hybridized carbons (Fsp3) is 0.524. The molecule has 1 saturated heterocycles. The molecule has 2 atom stereocenters. The van der Waals surface area contributed by atoms with Gasteiger partial charge < -0.3 is 14.8 Å². The first-order valence-corrected chi connectivity index (χ1v) is 9.65. The highest BCUT2D eigenvalue weighted by Crippen LogP contribution is 2.20. The largest absolute Gasteiger partial charge is 0.490 e. The van der Waals surface area contributed by atoms with E-state index in [0.29, 0.717) is 24.5 Å². The van der Waals surface area contributed by atoms with Gasteiger partial charge in [-0.25, -0.2) is 0 Å². The van der Waals surface area contributed by atoms with Crippen molar-refractivity contribution in [3.05, 3.63) is 47.3 Å². The number of amides is 1. The van der Waals surface area contributed by atoms with Crippen molar-refractivity contribution in [2.24, 2.45) is 5.92 Å². The van der Waals surface area contributed by atoms with Crippen LogP contribution >= 0.6 is 0 Å². The number of carbonyl (C=O) groups is 1. The molecule has 1 aliphatic heterocycles. The molecule has 1 aliphatic rings. The Hall–Kier alpha value is -2.34. The second-order valence-electron chi connectivity index (χ2n) is 7.37. The minimum Gasteiger partial charge on any atom is -0.490 e. The maximum atomic E-state index is 12.6. The second kappa shape index (κ2) is 9.04. The fourth-order valence-electron chi connectivity index (χ4n) is 3.32. The monoisotopic (exact) mass is 371 g/mol. The minimum atomic E-state index is -0.113. The van der Waals surface area contributed by atoms with E-state index in [1.807, 2.05) is 36.7 Å². The number of carbonyl (C=O) groups excluding carboxylic acids is 1. The van der Waals surface area contributed by atoms with Crippen LogP contribution < -0.4 is 10.1 Å². The average Bonchev–Trinajstić information content (AvgIpc) is 3.28. The molecular formula is C21H29N3O3. The molecule has 3 rings (SSSR count). The molecule has 6 nitrogen and oxygen atoms in total. The van der Waals surface area contributed by atoms with Crippen LogP contribution in [0, 0.1) is 19.8 Å². The van der Waals surface area contributed by atoms with Crippen molar-refractivity contribution in [1.29, 1.82) is 0 Å². The Morgan fingerprint density at radius 2 is 2.22 bits per heavy atom. The van der Waals surface area contributed by atoms with E-state index >= 15 is 0 Å². The highest BCUT2D eigenvalue weighted by molar-refractivity contribution is 5.96. The summed E-state index contributed by atoms with van der Waals surface area (Å²) >= 11 is 0. The summed E-state index contributed by atoms with van der Waals surface area (Å²) in [6.07, 6.45) is 2.21. The summed E-state index contributed by atoms with van der Waals surface area (Å²) in [5.41, 5.74) is 2.72. The van der Waals surface area contributed by atoms with E-state index in [0.717, 1.165) is 37.4 Å². The first-order valence-electron chi connectivity index (χ1n) is 9.65. The number of rotatable bonds is 8. The van der Waals surface area contributed by atoms with Crippen molar-refractivity contribution in [2.75, 3.05) is 19.8 Å². The summed E-state index contributed by atoms with van der Waals surface area (Å²) in [5, 5.41) is 7.51. The van der Waals surface area contributed by atoms with Gasteiger partial charge in [-0.15, -0.1) is 0 Å². The van der Waals surface area contributed by atoms with Crippen molar-refractivity contribution in [2.45, 2.75) is 46.3 Å². The maximum Gasteiger partial charge on any atom is 0.255 e. The van der Waals surface area contributed by atoms with E-state index in [-0.39, 0.29) is 17.9 Å². The maximum absolute atomic E-state index is 12.6. The number of nitrogens with one attached hydrogen (secondary N) is 1. The Bertz CT molecular complexity index is 766. The van der Waals surface area contributed by atoms with Crippen molar-refractivity contribution in [1.82, 2.24) is 15.1 Å². The van der Waals surface area contributed by atoms with Gasteiger partial charge >= 0.3 is 0 Å². The molecule has 6 heteroatoms. The summed E-state index contributed by atoms with van der Waals surface area (Å²) in [5.74, 6) is 0.766. The van der Waals surface area contributed by atoms with Gasteiger partial charge in [0, 0.05) is 25.4 Å². The molecule has 1 amide bonds. The van der Waals surface area contributed by atoms with Gasteiger partial charge in [0.2, 0.25) is 0 Å². The molecule has 0 spiro atoms. The number of aryl methyl sites for hydroxylation is 2. The van der Waals surface area contributed by atoms with Gasteiger partial charge in [0.05, 0.1) is 17.4 Å². The topological polar surface area (TPSA) is 65.4 Å². The predicted octanol–water partition coefficient (Wildman–Crippen LogP) is 3.12. The van der Waals surface area contributed by atoms with E-state index in [2.05, 4.69) is 23.4 Å². The first-order chi connectivity index (χ1) is 13.0. The molecule has 146 valence electrons. The van der Waals surface area contributed by atoms with E-state index in [9.17, 15) is 4.79 Å². The molecule has 0 aliphatic carbocycles. The van der Waals surface area contributed by atoms with Crippen molar-refractivity contribution >= 4 is 5.91 Å². The van der Waals surface area contributed by atoms with E-state index in [1.165, 1.54) is 0 Å². The van der Waals surface area contributed by atoms with Crippen molar-refractivity contribution < 1.29 is 14.3 Å². The number of nitrogens with zero attached hydrogens (tertiary/aromatic N) is 2. The van der Waals surface area contributed by atoms with Crippen molar-refractivity contribution in [3.8, 4) is 5.75 Å². The Labute approximate surface area is 160 Å². The lowest BCUT2D eigenvalue weighted by molar-refractivity contribution is 0.0670. The number of ether oxygens (including phenoxy) is 2. The third kappa shape index (κ3) is 5.32. The quantitative estimate of drug-likeness (QED) is 0.774. The summed E-state index contributed by atoms with van der Waals surface area (Å²) in [4.78, 5) is 12.6. The average molecular weight is 371 g/mol. The Morgan fingerprint density at radius 3 is 2.93 bits per heavy atom. The normalized spacial score (nSPS) is 17.7. The molecule has 27 heavy (non-hydrogen) atoms. The SMILES string of the molecule is Cc1cc(C)n(C[C@H](C)CNC(=O)c2ccccc2OC[C@H]2CCCO2)n1. The highest BCUT2D eigenvalue weighted by atomic mass is 16.5. The zero-order chi connectivity index (χ0) is 19.2. The summed E-state index contributed by atoms with van der Waals surface area (Å²) in [7, 11) is 0. The fourth-order valence-corrected chi connectivity index (χ4v) is 3.32. The molecule has 0 unspecified atom stereocenters. The molecule has 2 aromatic rings. The standard InChI is InChI=1S/C21H29N3O3/c1-15(13-24-17(3)11-16(2)23-24)12-22-21(25)19-8-4-5-9-20(19)27-14-18-7-6-10-26-18/h4-5,8-9,11,15,18H,6-7,10,12-14H2,1-3H3,(H,22,25)/t15-,18-/m1/s1. The zero-order valence-corrected chi connectivity index (χ0v) is 16.4. The second-order valence-corrected chi connectivity index (χ2v) is 7.37. The first kappa shape index (κ1) is 19.4. The van der Waals surface area contributed by atoms with Gasteiger partial charge in [0.15, 0.2) is 0 Å². The number of hydrogen-bond donors (Lipinski definition) is 1. The molecule has 1 fully saturated rings. The van der Waals surface area contributed by atoms with Gasteiger partial charge in [-0.2, -0.15) is 5.10 Å². The van der Waals surface area contributed by atoms with Crippen molar-refractivity contribution in [3.63, 3.8) is 0 Å². The van der Waals surface area contributed by atoms with Crippen LogP contribution in [-0.4, -0.2) is 41.6 Å². The molecular weight excluding hydrogens is 342 g/mol. The lowest BCUT2D eigenvalue weighted by Crippen LogP contribution is -2.31. The Morgan fingerprint density at radius 1 is 1.41 bits per heavy atom. The summed E-state index contributed by atoms with van der Waals surface area (Å²) < 4.78 is 13.4. The van der Waals surface area contributed by atoms with Crippen LogP contribution in [0.15, 0.2) is 30.3 Å². The van der Waals surface area contributed by atoms with Gasteiger partial charge in [-0.05, 0) is 50.8 Å². The Kier molecular flexibility index (Phi) is 6.50. The minimum absolute atomic E-state index is 0.113. The lowest BCUT2D eigenvalue weighted by Gasteiger charge is -2.16. The molecule has 0 bridgehead atoms. The van der Waals surface area contributed by atoms with E-state index in [4.69, 9.17) is 9.47 Å². The van der Waals surface area contributed by atoms with Gasteiger partial charge in [-0.3, -0.25) is 9.48 Å². The van der Waals surface area contributed by atoms with Crippen LogP contribution in [0.1, 0.15) is 41.5 Å². The van der Waals surface area contributed by atoms with Crippen LogP contribution in [0.4, 0.5) is 0 Å². The molecule has 1 aromatic carbocycles. The molecule has 1 aromatic heterocycles. The summed E-state index contributed by atoms with van der Waals surface area (Å²) in [6.45, 7) is 8.78.